The Morgan fingerprint density at radius 3 is 2.59 bits per heavy atom. The first-order valence-electron chi connectivity index (χ1n) is 7.17. The van der Waals surface area contributed by atoms with Crippen LogP contribution in [0.4, 0.5) is 8.78 Å². The van der Waals surface area contributed by atoms with Gasteiger partial charge in [-0.05, 0) is 25.6 Å². The highest BCUT2D eigenvalue weighted by Gasteiger charge is 2.41. The van der Waals surface area contributed by atoms with Crippen LogP contribution in [0.15, 0.2) is 23.1 Å². The Labute approximate surface area is 128 Å². The predicted octanol–water partition coefficient (Wildman–Crippen LogP) is 1.06. The number of sulfonamides is 1. The van der Waals surface area contributed by atoms with Crippen LogP contribution >= 0.6 is 0 Å². The summed E-state index contributed by atoms with van der Waals surface area (Å²) in [5.41, 5.74) is 0. The molecule has 1 aromatic rings. The van der Waals surface area contributed by atoms with Gasteiger partial charge in [0.15, 0.2) is 4.90 Å². The molecule has 2 atom stereocenters. The summed E-state index contributed by atoms with van der Waals surface area (Å²) >= 11 is 0. The number of hydrogen-bond donors (Lipinski definition) is 0. The Morgan fingerprint density at radius 1 is 1.23 bits per heavy atom. The van der Waals surface area contributed by atoms with Gasteiger partial charge in [0.05, 0.1) is 12.7 Å². The smallest absolute Gasteiger partial charge is 0.248 e. The number of ether oxygens (including phenoxy) is 1. The van der Waals surface area contributed by atoms with E-state index in [0.29, 0.717) is 19.6 Å². The SMILES string of the molecule is CN1CCO[C@@H]2CCN(S(=O)(=O)c3c(F)cccc3F)C[C@@H]21. The highest BCUT2D eigenvalue weighted by atomic mass is 32.2. The molecule has 22 heavy (non-hydrogen) atoms. The minimum absolute atomic E-state index is 0.0318. The molecule has 0 amide bonds. The van der Waals surface area contributed by atoms with E-state index in [1.165, 1.54) is 0 Å². The normalized spacial score (nSPS) is 27.6. The average molecular weight is 332 g/mol. The van der Waals surface area contributed by atoms with Crippen molar-refractivity contribution in [3.8, 4) is 0 Å². The summed E-state index contributed by atoms with van der Waals surface area (Å²) in [6, 6.07) is 2.97. The first kappa shape index (κ1) is 15.8. The molecule has 0 saturated carbocycles. The van der Waals surface area contributed by atoms with E-state index >= 15 is 0 Å². The first-order valence-corrected chi connectivity index (χ1v) is 8.61. The number of hydrogen-bond acceptors (Lipinski definition) is 4. The number of rotatable bonds is 2. The fraction of sp³-hybridized carbons (Fsp3) is 0.571. The van der Waals surface area contributed by atoms with Crippen molar-refractivity contribution >= 4 is 10.0 Å². The molecule has 0 aromatic heterocycles. The lowest BCUT2D eigenvalue weighted by molar-refractivity contribution is -0.0840. The van der Waals surface area contributed by atoms with Crippen molar-refractivity contribution in [3.63, 3.8) is 0 Å². The molecule has 8 heteroatoms. The summed E-state index contributed by atoms with van der Waals surface area (Å²) in [7, 11) is -2.29. The molecule has 2 saturated heterocycles. The van der Waals surface area contributed by atoms with Gasteiger partial charge >= 0.3 is 0 Å². The Bertz CT molecular complexity index is 648. The predicted molar refractivity (Wildman–Crippen MR) is 75.9 cm³/mol. The molecule has 5 nitrogen and oxygen atoms in total. The van der Waals surface area contributed by atoms with Gasteiger partial charge in [-0.1, -0.05) is 6.07 Å². The monoisotopic (exact) mass is 332 g/mol. The number of piperidine rings is 1. The Hall–Kier alpha value is -1.09. The van der Waals surface area contributed by atoms with Gasteiger partial charge in [-0.2, -0.15) is 4.31 Å². The van der Waals surface area contributed by atoms with Gasteiger partial charge in [0, 0.05) is 25.7 Å². The molecule has 0 aliphatic carbocycles. The number of likely N-dealkylation sites (N-methyl/N-ethyl adjacent to an activating group) is 1. The summed E-state index contributed by atoms with van der Waals surface area (Å²) in [4.78, 5) is 1.17. The van der Waals surface area contributed by atoms with Crippen molar-refractivity contribution < 1.29 is 21.9 Å². The largest absolute Gasteiger partial charge is 0.375 e. The van der Waals surface area contributed by atoms with E-state index in [4.69, 9.17) is 4.74 Å². The second-order valence-corrected chi connectivity index (χ2v) is 7.53. The molecule has 0 N–H and O–H groups in total. The molecule has 2 aliphatic rings. The molecular formula is C14H18F2N2O3S. The van der Waals surface area contributed by atoms with Gasteiger partial charge in [-0.25, -0.2) is 17.2 Å². The molecule has 0 unspecified atom stereocenters. The van der Waals surface area contributed by atoms with Crippen molar-refractivity contribution in [2.75, 3.05) is 33.3 Å². The number of benzene rings is 1. The number of fused-ring (bicyclic) bond motifs is 1. The van der Waals surface area contributed by atoms with E-state index in [-0.39, 0.29) is 25.2 Å². The second kappa shape index (κ2) is 5.84. The van der Waals surface area contributed by atoms with E-state index in [1.54, 1.807) is 0 Å². The third-order valence-corrected chi connectivity index (χ3v) is 6.26. The Morgan fingerprint density at radius 2 is 1.91 bits per heavy atom. The maximum Gasteiger partial charge on any atom is 0.248 e. The zero-order chi connectivity index (χ0) is 15.9. The Kier molecular flexibility index (Phi) is 4.19. The molecule has 1 aromatic carbocycles. The van der Waals surface area contributed by atoms with Crippen LogP contribution in [-0.2, 0) is 14.8 Å². The fourth-order valence-electron chi connectivity index (χ4n) is 3.09. The van der Waals surface area contributed by atoms with Crippen LogP contribution in [0, 0.1) is 11.6 Å². The quantitative estimate of drug-likeness (QED) is 0.813. The van der Waals surface area contributed by atoms with E-state index in [9.17, 15) is 17.2 Å². The van der Waals surface area contributed by atoms with E-state index < -0.39 is 26.6 Å². The van der Waals surface area contributed by atoms with Crippen molar-refractivity contribution in [2.24, 2.45) is 0 Å². The van der Waals surface area contributed by atoms with Gasteiger partial charge in [0.1, 0.15) is 11.6 Å². The zero-order valence-electron chi connectivity index (χ0n) is 12.2. The molecule has 122 valence electrons. The van der Waals surface area contributed by atoms with Gasteiger partial charge in [-0.15, -0.1) is 0 Å². The number of nitrogens with zero attached hydrogens (tertiary/aromatic N) is 2. The van der Waals surface area contributed by atoms with Gasteiger partial charge in [0.25, 0.3) is 0 Å². The summed E-state index contributed by atoms with van der Waals surface area (Å²) in [6.45, 7) is 1.71. The number of morpholine rings is 1. The van der Waals surface area contributed by atoms with Crippen LogP contribution in [0.25, 0.3) is 0 Å². The highest BCUT2D eigenvalue weighted by Crippen LogP contribution is 2.28. The second-order valence-electron chi connectivity index (χ2n) is 5.66. The summed E-state index contributed by atoms with van der Waals surface area (Å²) in [5, 5.41) is 0. The standard InChI is InChI=1S/C14H18F2N2O3S/c1-17-7-8-21-13-5-6-18(9-12(13)17)22(19,20)14-10(15)3-2-4-11(14)16/h2-4,12-13H,5-9H2,1H3/t12-,13+/m0/s1. The molecular weight excluding hydrogens is 314 g/mol. The van der Waals surface area contributed by atoms with Crippen molar-refractivity contribution in [1.29, 1.82) is 0 Å². The lowest BCUT2D eigenvalue weighted by atomic mass is 10.0. The minimum Gasteiger partial charge on any atom is -0.375 e. The third kappa shape index (κ3) is 2.64. The van der Waals surface area contributed by atoms with Crippen LogP contribution in [0.1, 0.15) is 6.42 Å². The third-order valence-electron chi connectivity index (χ3n) is 4.34. The molecule has 0 bridgehead atoms. The molecule has 2 fully saturated rings. The van der Waals surface area contributed by atoms with Crippen LogP contribution in [0.2, 0.25) is 0 Å². The van der Waals surface area contributed by atoms with Crippen LogP contribution in [0.5, 0.6) is 0 Å². The van der Waals surface area contributed by atoms with E-state index in [2.05, 4.69) is 0 Å². The average Bonchev–Trinajstić information content (AvgIpc) is 2.47. The molecule has 0 spiro atoms. The van der Waals surface area contributed by atoms with Crippen molar-refractivity contribution in [2.45, 2.75) is 23.5 Å². The topological polar surface area (TPSA) is 49.9 Å². The lowest BCUT2D eigenvalue weighted by Crippen LogP contribution is -2.59. The summed E-state index contributed by atoms with van der Waals surface area (Å²) in [6.07, 6.45) is 0.486. The molecule has 0 radical (unpaired) electrons. The number of halogens is 2. The fourth-order valence-corrected chi connectivity index (χ4v) is 4.67. The first-order chi connectivity index (χ1) is 10.4. The lowest BCUT2D eigenvalue weighted by Gasteiger charge is -2.45. The van der Waals surface area contributed by atoms with Crippen LogP contribution in [-0.4, -0.2) is 63.1 Å². The van der Waals surface area contributed by atoms with Gasteiger partial charge in [0.2, 0.25) is 10.0 Å². The Balaban J connectivity index is 1.90. The van der Waals surface area contributed by atoms with Gasteiger partial charge in [-0.3, -0.25) is 4.90 Å². The molecule has 2 heterocycles. The maximum absolute atomic E-state index is 13.8. The van der Waals surface area contributed by atoms with Crippen molar-refractivity contribution in [3.05, 3.63) is 29.8 Å². The van der Waals surface area contributed by atoms with Crippen molar-refractivity contribution in [1.82, 2.24) is 9.21 Å². The molecule has 2 aliphatic heterocycles. The molecule has 3 rings (SSSR count). The summed E-state index contributed by atoms with van der Waals surface area (Å²) < 4.78 is 59.7. The highest BCUT2D eigenvalue weighted by molar-refractivity contribution is 7.89. The van der Waals surface area contributed by atoms with E-state index in [1.807, 2.05) is 11.9 Å². The van der Waals surface area contributed by atoms with Gasteiger partial charge < -0.3 is 4.74 Å². The minimum atomic E-state index is -4.20. The zero-order valence-corrected chi connectivity index (χ0v) is 13.0. The summed E-state index contributed by atoms with van der Waals surface area (Å²) in [5.74, 6) is -2.12. The maximum atomic E-state index is 13.8. The van der Waals surface area contributed by atoms with Crippen LogP contribution in [0.3, 0.4) is 0 Å². The van der Waals surface area contributed by atoms with E-state index in [0.717, 1.165) is 22.5 Å². The van der Waals surface area contributed by atoms with Crippen LogP contribution < -0.4 is 0 Å².